The highest BCUT2D eigenvalue weighted by Gasteiger charge is 2.46. The number of sulfone groups is 1. The maximum Gasteiger partial charge on any atom is 0.287 e. The summed E-state index contributed by atoms with van der Waals surface area (Å²) in [6.07, 6.45) is 6.62. The molecule has 1 aromatic carbocycles. The highest BCUT2D eigenvalue weighted by Crippen LogP contribution is 2.39. The van der Waals surface area contributed by atoms with Crippen molar-refractivity contribution in [2.45, 2.75) is 108 Å². The SMILES string of the molecule is CC(C)(C)NC(=O)[C@@H]1C[C@@H]2CCCC[C@@H]2CN1C[C@@H](O)[C@H](Cc1ccccc1)NC(=O)[C@@H](NC(=O)c1ccco1)C(C)(C)S(C)(=O)=O. The molecule has 1 saturated carbocycles. The number of amides is 3. The van der Waals surface area contributed by atoms with Crippen molar-refractivity contribution in [3.8, 4) is 0 Å². The van der Waals surface area contributed by atoms with Crippen LogP contribution < -0.4 is 16.0 Å². The monoisotopic (exact) mass is 672 g/mol. The Labute approximate surface area is 279 Å². The summed E-state index contributed by atoms with van der Waals surface area (Å²) in [6.45, 7) is 9.39. The normalized spacial score (nSPS) is 22.7. The van der Waals surface area contributed by atoms with Crippen LogP contribution in [-0.4, -0.2) is 90.0 Å². The zero-order chi connectivity index (χ0) is 34.6. The van der Waals surface area contributed by atoms with Crippen molar-refractivity contribution in [3.05, 3.63) is 60.1 Å². The Bertz CT molecular complexity index is 1470. The lowest BCUT2D eigenvalue weighted by Crippen LogP contribution is -2.64. The summed E-state index contributed by atoms with van der Waals surface area (Å²) in [6, 6.07) is 9.49. The Morgan fingerprint density at radius 3 is 2.23 bits per heavy atom. The van der Waals surface area contributed by atoms with E-state index in [1.54, 1.807) is 0 Å². The molecule has 1 saturated heterocycles. The topological polar surface area (TPSA) is 158 Å². The van der Waals surface area contributed by atoms with Crippen LogP contribution in [0.1, 0.15) is 82.8 Å². The van der Waals surface area contributed by atoms with Gasteiger partial charge in [-0.3, -0.25) is 19.3 Å². The first-order valence-corrected chi connectivity index (χ1v) is 18.5. The van der Waals surface area contributed by atoms with Gasteiger partial charge in [-0.15, -0.1) is 0 Å². The first-order valence-electron chi connectivity index (χ1n) is 16.6. The van der Waals surface area contributed by atoms with Crippen LogP contribution in [0.4, 0.5) is 0 Å². The predicted molar refractivity (Wildman–Crippen MR) is 180 cm³/mol. The van der Waals surface area contributed by atoms with Gasteiger partial charge in [-0.1, -0.05) is 49.6 Å². The number of aliphatic hydroxyl groups is 1. The molecule has 260 valence electrons. The number of carbonyl (C=O) groups is 3. The van der Waals surface area contributed by atoms with E-state index in [1.165, 1.54) is 32.2 Å². The molecule has 0 bridgehead atoms. The molecule has 1 aromatic heterocycles. The summed E-state index contributed by atoms with van der Waals surface area (Å²) >= 11 is 0. The lowest BCUT2D eigenvalue weighted by molar-refractivity contribution is -0.133. The molecule has 47 heavy (non-hydrogen) atoms. The molecule has 1 aliphatic carbocycles. The summed E-state index contributed by atoms with van der Waals surface area (Å²) in [5.74, 6) is -0.770. The molecule has 0 spiro atoms. The van der Waals surface area contributed by atoms with E-state index in [-0.39, 0.29) is 24.6 Å². The van der Waals surface area contributed by atoms with Gasteiger partial charge in [-0.25, -0.2) is 8.42 Å². The number of likely N-dealkylation sites (tertiary alicyclic amines) is 1. The summed E-state index contributed by atoms with van der Waals surface area (Å²) in [5.41, 5.74) is 0.430. The molecule has 3 amide bonds. The number of piperidine rings is 1. The fourth-order valence-electron chi connectivity index (χ4n) is 6.79. The Morgan fingerprint density at radius 1 is 0.979 bits per heavy atom. The van der Waals surface area contributed by atoms with Crippen LogP contribution in [0.3, 0.4) is 0 Å². The quantitative estimate of drug-likeness (QED) is 0.268. The number of nitrogens with zero attached hydrogens (tertiary/aromatic N) is 1. The van der Waals surface area contributed by atoms with Gasteiger partial charge in [0.2, 0.25) is 11.8 Å². The fraction of sp³-hybridized carbons (Fsp3) is 0.629. The van der Waals surface area contributed by atoms with E-state index >= 15 is 0 Å². The van der Waals surface area contributed by atoms with Crippen LogP contribution >= 0.6 is 0 Å². The molecule has 1 aliphatic heterocycles. The average molecular weight is 673 g/mol. The predicted octanol–water partition coefficient (Wildman–Crippen LogP) is 3.09. The fourth-order valence-corrected chi connectivity index (χ4v) is 7.39. The van der Waals surface area contributed by atoms with Crippen LogP contribution in [0.15, 0.2) is 53.1 Å². The number of aliphatic hydroxyl groups excluding tert-OH is 1. The Kier molecular flexibility index (Phi) is 11.6. The van der Waals surface area contributed by atoms with Gasteiger partial charge < -0.3 is 25.5 Å². The minimum atomic E-state index is -3.86. The smallest absolute Gasteiger partial charge is 0.287 e. The molecule has 2 aliphatic rings. The lowest BCUT2D eigenvalue weighted by Gasteiger charge is -2.47. The maximum absolute atomic E-state index is 14.0. The van der Waals surface area contributed by atoms with Crippen LogP contribution in [0.25, 0.3) is 0 Å². The zero-order valence-corrected chi connectivity index (χ0v) is 29.3. The molecule has 4 N–H and O–H groups in total. The van der Waals surface area contributed by atoms with Gasteiger partial charge in [0.1, 0.15) is 6.04 Å². The van der Waals surface area contributed by atoms with E-state index in [0.717, 1.165) is 37.5 Å². The Hall–Kier alpha value is -3.22. The van der Waals surface area contributed by atoms with E-state index in [0.29, 0.717) is 24.8 Å². The molecule has 6 atom stereocenters. The van der Waals surface area contributed by atoms with Crippen molar-refractivity contribution in [2.75, 3.05) is 19.3 Å². The van der Waals surface area contributed by atoms with Crippen molar-refractivity contribution in [2.24, 2.45) is 11.8 Å². The highest BCUT2D eigenvalue weighted by molar-refractivity contribution is 7.92. The molecular weight excluding hydrogens is 620 g/mol. The lowest BCUT2D eigenvalue weighted by atomic mass is 9.72. The molecule has 2 aromatic rings. The third-order valence-corrected chi connectivity index (χ3v) is 11.9. The van der Waals surface area contributed by atoms with Gasteiger partial charge in [0.15, 0.2) is 15.6 Å². The maximum atomic E-state index is 14.0. The van der Waals surface area contributed by atoms with Crippen molar-refractivity contribution in [1.82, 2.24) is 20.9 Å². The van der Waals surface area contributed by atoms with Crippen LogP contribution in [0.5, 0.6) is 0 Å². The van der Waals surface area contributed by atoms with E-state index < -0.39 is 56.2 Å². The van der Waals surface area contributed by atoms with Crippen molar-refractivity contribution in [1.29, 1.82) is 0 Å². The van der Waals surface area contributed by atoms with Crippen molar-refractivity contribution in [3.63, 3.8) is 0 Å². The Morgan fingerprint density at radius 2 is 1.64 bits per heavy atom. The summed E-state index contributed by atoms with van der Waals surface area (Å²) in [4.78, 5) is 42.7. The molecule has 2 heterocycles. The number of rotatable bonds is 12. The number of hydrogen-bond acceptors (Lipinski definition) is 8. The van der Waals surface area contributed by atoms with Gasteiger partial charge in [0.25, 0.3) is 5.91 Å². The number of fused-ring (bicyclic) bond motifs is 1. The second-order valence-corrected chi connectivity index (χ2v) is 17.5. The number of carbonyl (C=O) groups excluding carboxylic acids is 3. The van der Waals surface area contributed by atoms with Gasteiger partial charge in [-0.05, 0) is 83.4 Å². The highest BCUT2D eigenvalue weighted by atomic mass is 32.2. The number of nitrogens with one attached hydrogen (secondary N) is 3. The minimum absolute atomic E-state index is 0.0707. The largest absolute Gasteiger partial charge is 0.459 e. The van der Waals surface area contributed by atoms with Gasteiger partial charge in [-0.2, -0.15) is 0 Å². The van der Waals surface area contributed by atoms with Crippen LogP contribution in [0, 0.1) is 11.8 Å². The second kappa shape index (κ2) is 14.9. The second-order valence-electron chi connectivity index (χ2n) is 14.9. The molecule has 12 heteroatoms. The summed E-state index contributed by atoms with van der Waals surface area (Å²) in [7, 11) is -3.86. The van der Waals surface area contributed by atoms with Crippen LogP contribution in [-0.2, 0) is 25.8 Å². The molecule has 4 rings (SSSR count). The molecular formula is C35H52N4O7S. The van der Waals surface area contributed by atoms with Crippen molar-refractivity contribution < 1.29 is 32.3 Å². The van der Waals surface area contributed by atoms with Gasteiger partial charge in [0.05, 0.1) is 29.2 Å². The van der Waals surface area contributed by atoms with E-state index in [9.17, 15) is 27.9 Å². The molecule has 2 fully saturated rings. The summed E-state index contributed by atoms with van der Waals surface area (Å²) < 4.78 is 29.3. The third-order valence-electron chi connectivity index (χ3n) is 9.75. The van der Waals surface area contributed by atoms with E-state index in [2.05, 4.69) is 20.9 Å². The molecule has 0 radical (unpaired) electrons. The number of β-amino-alcohol motifs (C(OH)–C–C–N with tert-alkyl or cyclic N) is 1. The third kappa shape index (κ3) is 9.45. The standard InChI is InChI=1S/C35H52N4O7S/c1-34(2,3)38-31(41)27-20-24-15-10-11-16-25(24)21-39(27)22-28(40)26(19-23-13-8-7-9-14-23)36-33(43)30(35(4,5)47(6,44)45)37-32(42)29-17-12-18-46-29/h7-9,12-14,17-18,24-28,30,40H,10-11,15-16,19-22H2,1-6H3,(H,36,43)(H,37,42)(H,38,41)/t24-,25+,26-,27-,28+,30+/m0/s1. The molecule has 0 unspecified atom stereocenters. The average Bonchev–Trinajstić information content (AvgIpc) is 3.53. The van der Waals surface area contributed by atoms with Gasteiger partial charge in [0, 0.05) is 24.9 Å². The number of benzene rings is 1. The minimum Gasteiger partial charge on any atom is -0.459 e. The molecule has 11 nitrogen and oxygen atoms in total. The first-order chi connectivity index (χ1) is 22.0. The van der Waals surface area contributed by atoms with E-state index in [1.807, 2.05) is 51.1 Å². The number of hydrogen-bond donors (Lipinski definition) is 4. The van der Waals surface area contributed by atoms with Gasteiger partial charge >= 0.3 is 0 Å². The van der Waals surface area contributed by atoms with Crippen molar-refractivity contribution >= 4 is 27.6 Å². The van der Waals surface area contributed by atoms with Crippen LogP contribution in [0.2, 0.25) is 0 Å². The Balaban J connectivity index is 1.62. The van der Waals surface area contributed by atoms with E-state index in [4.69, 9.17) is 4.42 Å². The zero-order valence-electron chi connectivity index (χ0n) is 28.5. The number of furan rings is 1. The summed E-state index contributed by atoms with van der Waals surface area (Å²) in [5, 5.41) is 20.5. The first kappa shape index (κ1) is 36.6.